The third-order valence-corrected chi connectivity index (χ3v) is 10.1. The van der Waals surface area contributed by atoms with E-state index in [0.29, 0.717) is 29.9 Å². The Morgan fingerprint density at radius 3 is 1.85 bits per heavy atom. The maximum absolute atomic E-state index is 13.7. The number of hydrogen-bond acceptors (Lipinski definition) is 6. The van der Waals surface area contributed by atoms with Crippen LogP contribution in [-0.2, 0) is 29.8 Å². The Bertz CT molecular complexity index is 2500. The third kappa shape index (κ3) is 6.35. The summed E-state index contributed by atoms with van der Waals surface area (Å²) >= 11 is 0. The predicted octanol–water partition coefficient (Wildman–Crippen LogP) is 7.83. The number of tetrazole rings is 1. The van der Waals surface area contributed by atoms with E-state index in [0.717, 1.165) is 44.6 Å². The fraction of sp³-hybridized carbons (Fsp3) is 0.109. The Kier molecular flexibility index (Phi) is 9.58. The second kappa shape index (κ2) is 15.1. The van der Waals surface area contributed by atoms with Crippen LogP contribution in [0.2, 0.25) is 0 Å². The largest absolute Gasteiger partial charge is 0.483 e. The minimum absolute atomic E-state index is 0.0584. The van der Waals surface area contributed by atoms with Crippen molar-refractivity contribution in [1.82, 2.24) is 24.6 Å². The number of primary amides is 1. The van der Waals surface area contributed by atoms with Crippen LogP contribution in [0.5, 0.6) is 5.75 Å². The molecule has 0 radical (unpaired) electrons. The first kappa shape index (κ1) is 34.9. The molecule has 0 fully saturated rings. The van der Waals surface area contributed by atoms with Gasteiger partial charge < -0.3 is 14.9 Å². The maximum atomic E-state index is 13.7. The van der Waals surface area contributed by atoms with Gasteiger partial charge in [-0.25, -0.2) is 0 Å². The summed E-state index contributed by atoms with van der Waals surface area (Å²) in [5.41, 5.74) is 13.2. The molecule has 0 saturated carbocycles. The molecule has 1 amide bonds. The average molecular weight is 723 g/mol. The van der Waals surface area contributed by atoms with Crippen molar-refractivity contribution in [1.29, 1.82) is 0 Å². The van der Waals surface area contributed by atoms with Gasteiger partial charge in [-0.1, -0.05) is 153 Å². The highest BCUT2D eigenvalue weighted by atomic mass is 16.5. The van der Waals surface area contributed by atoms with Gasteiger partial charge in [0.1, 0.15) is 5.75 Å². The van der Waals surface area contributed by atoms with E-state index >= 15 is 0 Å². The second-order valence-electron chi connectivity index (χ2n) is 13.2. The number of aromatic nitrogens is 5. The predicted molar refractivity (Wildman–Crippen MR) is 212 cm³/mol. The second-order valence-corrected chi connectivity index (χ2v) is 13.2. The van der Waals surface area contributed by atoms with Gasteiger partial charge in [0.25, 0.3) is 11.7 Å². The molecule has 3 aromatic heterocycles. The van der Waals surface area contributed by atoms with Gasteiger partial charge in [0, 0.05) is 18.3 Å². The van der Waals surface area contributed by atoms with E-state index in [2.05, 4.69) is 71.0 Å². The monoisotopic (exact) mass is 722 g/mol. The molecule has 0 aliphatic heterocycles. The molecule has 55 heavy (non-hydrogen) atoms. The number of fused-ring (bicyclic) bond motifs is 1. The summed E-state index contributed by atoms with van der Waals surface area (Å²) in [6.45, 7) is 1.91. The van der Waals surface area contributed by atoms with Gasteiger partial charge in [0.15, 0.2) is 12.1 Å². The van der Waals surface area contributed by atoms with E-state index < -0.39 is 17.2 Å². The number of Topliss-reactive ketones (excluding diaryl/α,β-unsaturated/α-hetero) is 1. The highest BCUT2D eigenvalue weighted by Crippen LogP contribution is 2.40. The molecule has 0 saturated heterocycles. The Morgan fingerprint density at radius 2 is 1.27 bits per heavy atom. The van der Waals surface area contributed by atoms with Crippen LogP contribution in [0.1, 0.15) is 56.6 Å². The van der Waals surface area contributed by atoms with E-state index in [9.17, 15) is 9.59 Å². The SMILES string of the molecule is CCc1c(C(=O)C(N)=O)c2c(OCc3nnn(C(c4ccccc4)(c4ccccc4)c4ccccc4)n3)cccn2c1Cc1ccccc1-c1ccccc1. The number of nitrogens with zero attached hydrogens (tertiary/aromatic N) is 5. The molecule has 5 aromatic carbocycles. The zero-order valence-corrected chi connectivity index (χ0v) is 30.2. The molecule has 2 N–H and O–H groups in total. The number of amides is 1. The molecule has 270 valence electrons. The third-order valence-electron chi connectivity index (χ3n) is 10.1. The van der Waals surface area contributed by atoms with E-state index in [-0.39, 0.29) is 12.2 Å². The normalized spacial score (nSPS) is 11.4. The molecule has 8 rings (SSSR count). The zero-order valence-electron chi connectivity index (χ0n) is 30.2. The van der Waals surface area contributed by atoms with Crippen molar-refractivity contribution in [2.75, 3.05) is 0 Å². The van der Waals surface area contributed by atoms with Crippen molar-refractivity contribution in [2.45, 2.75) is 31.9 Å². The standard InChI is InChI=1S/C46H38N6O3/c1-2-37-39(30-33-20-15-16-27-38(33)32-18-7-3-8-19-32)51-29-17-28-40(43(51)42(37)44(53)45(47)54)55-31-41-48-50-52(49-41)46(34-21-9-4-10-22-34,35-23-11-5-12-24-35)36-25-13-6-14-26-36/h3-29H,2,30-31H2,1H3,(H2,47,54). The molecule has 0 aliphatic carbocycles. The maximum Gasteiger partial charge on any atom is 0.289 e. The Morgan fingerprint density at radius 1 is 0.709 bits per heavy atom. The number of hydrogen-bond donors (Lipinski definition) is 1. The highest BCUT2D eigenvalue weighted by Gasteiger charge is 2.41. The molecule has 9 nitrogen and oxygen atoms in total. The van der Waals surface area contributed by atoms with E-state index in [1.54, 1.807) is 10.9 Å². The molecule has 8 aromatic rings. The summed E-state index contributed by atoms with van der Waals surface area (Å²) in [7, 11) is 0. The van der Waals surface area contributed by atoms with Gasteiger partial charge in [-0.2, -0.15) is 0 Å². The molecular weight excluding hydrogens is 685 g/mol. The summed E-state index contributed by atoms with van der Waals surface area (Å²) < 4.78 is 8.42. The van der Waals surface area contributed by atoms with Crippen LogP contribution in [0, 0.1) is 0 Å². The number of benzene rings is 5. The number of carbonyl (C=O) groups is 2. The average Bonchev–Trinajstić information content (AvgIpc) is 3.84. The molecule has 0 unspecified atom stereocenters. The number of ketones is 1. The first-order valence-corrected chi connectivity index (χ1v) is 18.2. The van der Waals surface area contributed by atoms with Gasteiger partial charge in [-0.15, -0.1) is 15.0 Å². The topological polar surface area (TPSA) is 117 Å². The van der Waals surface area contributed by atoms with E-state index in [1.807, 2.05) is 109 Å². The molecule has 9 heteroatoms. The lowest BCUT2D eigenvalue weighted by Crippen LogP contribution is -2.39. The number of ether oxygens (including phenoxy) is 1. The van der Waals surface area contributed by atoms with Crippen LogP contribution in [0.3, 0.4) is 0 Å². The van der Waals surface area contributed by atoms with Crippen molar-refractivity contribution >= 4 is 17.2 Å². The van der Waals surface area contributed by atoms with Crippen LogP contribution in [0.25, 0.3) is 16.6 Å². The highest BCUT2D eigenvalue weighted by molar-refractivity contribution is 6.44. The van der Waals surface area contributed by atoms with Gasteiger partial charge in [0.05, 0.1) is 11.1 Å². The quantitative estimate of drug-likeness (QED) is 0.0737. The van der Waals surface area contributed by atoms with Crippen molar-refractivity contribution in [3.8, 4) is 16.9 Å². The Labute approximate surface area is 318 Å². The van der Waals surface area contributed by atoms with Gasteiger partial charge in [0.2, 0.25) is 5.82 Å². The molecule has 0 atom stereocenters. The lowest BCUT2D eigenvalue weighted by atomic mass is 9.77. The molecular formula is C46H38N6O3. The fourth-order valence-corrected chi connectivity index (χ4v) is 7.67. The number of nitrogens with two attached hydrogens (primary N) is 1. The summed E-state index contributed by atoms with van der Waals surface area (Å²) in [5.74, 6) is -1.08. The molecule has 0 bridgehead atoms. The van der Waals surface area contributed by atoms with Crippen LogP contribution in [0.15, 0.2) is 164 Å². The molecule has 3 heterocycles. The smallest absolute Gasteiger partial charge is 0.289 e. The van der Waals surface area contributed by atoms with Crippen molar-refractivity contribution in [3.63, 3.8) is 0 Å². The van der Waals surface area contributed by atoms with Crippen LogP contribution in [-0.4, -0.2) is 36.3 Å². The summed E-state index contributed by atoms with van der Waals surface area (Å²) in [5, 5.41) is 14.1. The number of rotatable bonds is 13. The minimum Gasteiger partial charge on any atom is -0.483 e. The van der Waals surface area contributed by atoms with Crippen LogP contribution in [0.4, 0.5) is 0 Å². The summed E-state index contributed by atoms with van der Waals surface area (Å²) in [6, 6.07) is 52.3. The Hall–Kier alpha value is -7.13. The van der Waals surface area contributed by atoms with E-state index in [1.165, 1.54) is 0 Å². The first-order valence-electron chi connectivity index (χ1n) is 18.2. The van der Waals surface area contributed by atoms with Gasteiger partial charge >= 0.3 is 0 Å². The Balaban J connectivity index is 1.21. The summed E-state index contributed by atoms with van der Waals surface area (Å²) in [6.07, 6.45) is 2.89. The minimum atomic E-state index is -1.03. The molecule has 0 aliphatic rings. The van der Waals surface area contributed by atoms with Crippen molar-refractivity contribution in [2.24, 2.45) is 5.73 Å². The van der Waals surface area contributed by atoms with Crippen LogP contribution < -0.4 is 10.5 Å². The van der Waals surface area contributed by atoms with Crippen molar-refractivity contribution < 1.29 is 14.3 Å². The first-order chi connectivity index (χ1) is 27.0. The van der Waals surface area contributed by atoms with Gasteiger partial charge in [-0.05, 0) is 62.7 Å². The summed E-state index contributed by atoms with van der Waals surface area (Å²) in [4.78, 5) is 27.8. The number of carbonyl (C=O) groups excluding carboxylic acids is 2. The zero-order chi connectivity index (χ0) is 37.8. The fourth-order valence-electron chi connectivity index (χ4n) is 7.67. The molecule has 0 spiro atoms. The van der Waals surface area contributed by atoms with Crippen LogP contribution >= 0.6 is 0 Å². The lowest BCUT2D eigenvalue weighted by molar-refractivity contribution is -0.114. The van der Waals surface area contributed by atoms with Gasteiger partial charge in [-0.3, -0.25) is 9.59 Å². The van der Waals surface area contributed by atoms with E-state index in [4.69, 9.17) is 15.6 Å². The van der Waals surface area contributed by atoms with Crippen molar-refractivity contribution in [3.05, 3.63) is 209 Å². The lowest BCUT2D eigenvalue weighted by Gasteiger charge is -2.34. The number of pyridine rings is 1.